The summed E-state index contributed by atoms with van der Waals surface area (Å²) in [5.41, 5.74) is 1.75. The topological polar surface area (TPSA) is 171 Å². The Labute approximate surface area is 143 Å². The maximum Gasteiger partial charge on any atom is 0.241 e. The Balaban J connectivity index is 2.64. The highest BCUT2D eigenvalue weighted by Crippen LogP contribution is 2.69. The molecule has 0 aliphatic heterocycles. The maximum atomic E-state index is 11.9. The van der Waals surface area contributed by atoms with Gasteiger partial charge in [0, 0.05) is 5.56 Å². The van der Waals surface area contributed by atoms with Crippen LogP contribution in [0, 0.1) is 50.7 Å². The molecule has 1 aliphatic carbocycles. The third-order valence-corrected chi connectivity index (χ3v) is 4.41. The average Bonchev–Trinajstić information content (AvgIpc) is 3.25. The summed E-state index contributed by atoms with van der Waals surface area (Å²) in [7, 11) is 2.89. The number of rotatable bonds is 5. The summed E-state index contributed by atoms with van der Waals surface area (Å²) in [6, 6.07) is 9.84. The van der Waals surface area contributed by atoms with Crippen molar-refractivity contribution in [2.45, 2.75) is 0 Å². The largest absolute Gasteiger partial charge is 0.493 e. The van der Waals surface area contributed by atoms with Gasteiger partial charge in [-0.3, -0.25) is 4.79 Å². The minimum Gasteiger partial charge on any atom is -0.493 e. The van der Waals surface area contributed by atoms with E-state index < -0.39 is 22.7 Å². The van der Waals surface area contributed by atoms with Crippen LogP contribution in [0.2, 0.25) is 0 Å². The van der Waals surface area contributed by atoms with Crippen molar-refractivity contribution >= 4 is 11.6 Å². The molecule has 0 aromatic heterocycles. The number of nitrogens with zero attached hydrogens (tertiary/aromatic N) is 4. The van der Waals surface area contributed by atoms with E-state index in [2.05, 4.69) is 5.10 Å². The van der Waals surface area contributed by atoms with Crippen LogP contribution in [-0.4, -0.2) is 25.8 Å². The van der Waals surface area contributed by atoms with Crippen LogP contribution < -0.4 is 21.1 Å². The molecule has 0 radical (unpaired) electrons. The molecular formula is C16H14N6O3. The molecule has 25 heavy (non-hydrogen) atoms. The summed E-state index contributed by atoms with van der Waals surface area (Å²) in [5.74, 6) is 3.98. The smallest absolute Gasteiger partial charge is 0.241 e. The second-order valence-electron chi connectivity index (χ2n) is 5.33. The van der Waals surface area contributed by atoms with Gasteiger partial charge in [0.25, 0.3) is 0 Å². The standard InChI is InChI=1S/C16H14N6O3/c1-24-10-4-3-9(5-11(10)25-2)12(22-21)13-15(6-17,7-18)16(13,8-19)14(20)23/h3-5,13H,21H2,1-2H3,(H2,20,23)/b22-12-/t13-,16+/m0/s1. The van der Waals surface area contributed by atoms with Gasteiger partial charge in [-0.15, -0.1) is 0 Å². The number of methoxy groups -OCH3 is 2. The van der Waals surface area contributed by atoms with Crippen LogP contribution in [0.4, 0.5) is 0 Å². The fourth-order valence-corrected chi connectivity index (χ4v) is 3.07. The zero-order valence-corrected chi connectivity index (χ0v) is 13.5. The number of nitriles is 3. The summed E-state index contributed by atoms with van der Waals surface area (Å²) in [6.45, 7) is 0. The Kier molecular flexibility index (Phi) is 4.24. The van der Waals surface area contributed by atoms with E-state index in [0.717, 1.165) is 0 Å². The Hall–Kier alpha value is -3.77. The van der Waals surface area contributed by atoms with Crippen molar-refractivity contribution in [3.05, 3.63) is 23.8 Å². The lowest BCUT2D eigenvalue weighted by molar-refractivity contribution is -0.121. The SMILES string of the molecule is COc1ccc(/C(=N/N)[C@H]2C(C#N)(C#N)[C@@]2(C#N)C(N)=O)cc1OC. The molecule has 1 saturated carbocycles. The monoisotopic (exact) mass is 338 g/mol. The van der Waals surface area contributed by atoms with Crippen molar-refractivity contribution < 1.29 is 14.3 Å². The number of carbonyl (C=O) groups is 1. The molecule has 0 unspecified atom stereocenters. The van der Waals surface area contributed by atoms with Gasteiger partial charge in [0.05, 0.1) is 44.1 Å². The highest BCUT2D eigenvalue weighted by molar-refractivity contribution is 6.12. The van der Waals surface area contributed by atoms with E-state index in [1.54, 1.807) is 30.3 Å². The second kappa shape index (κ2) is 6.03. The molecule has 9 heteroatoms. The van der Waals surface area contributed by atoms with E-state index in [0.29, 0.717) is 17.1 Å². The molecule has 1 amide bonds. The predicted molar refractivity (Wildman–Crippen MR) is 84.7 cm³/mol. The number of ether oxygens (including phenoxy) is 2. The molecule has 0 heterocycles. The van der Waals surface area contributed by atoms with Gasteiger partial charge in [-0.1, -0.05) is 0 Å². The molecule has 126 valence electrons. The van der Waals surface area contributed by atoms with Crippen molar-refractivity contribution in [1.82, 2.24) is 0 Å². The Morgan fingerprint density at radius 3 is 2.12 bits per heavy atom. The van der Waals surface area contributed by atoms with E-state index in [1.165, 1.54) is 20.3 Å². The van der Waals surface area contributed by atoms with Crippen molar-refractivity contribution in [3.8, 4) is 29.7 Å². The molecule has 1 aromatic rings. The first-order valence-electron chi connectivity index (χ1n) is 6.97. The van der Waals surface area contributed by atoms with Gasteiger partial charge in [-0.05, 0) is 18.2 Å². The Morgan fingerprint density at radius 2 is 1.76 bits per heavy atom. The van der Waals surface area contributed by atoms with Crippen LogP contribution in [-0.2, 0) is 4.79 Å². The molecule has 9 nitrogen and oxygen atoms in total. The molecule has 4 N–H and O–H groups in total. The number of carbonyl (C=O) groups excluding carboxylic acids is 1. The van der Waals surface area contributed by atoms with Gasteiger partial charge in [-0.25, -0.2) is 0 Å². The summed E-state index contributed by atoms with van der Waals surface area (Å²) >= 11 is 0. The molecule has 2 rings (SSSR count). The first-order valence-corrected chi connectivity index (χ1v) is 6.97. The van der Waals surface area contributed by atoms with E-state index in [-0.39, 0.29) is 5.71 Å². The summed E-state index contributed by atoms with van der Waals surface area (Å²) in [6.07, 6.45) is 0. The maximum absolute atomic E-state index is 11.9. The zero-order valence-electron chi connectivity index (χ0n) is 13.5. The Bertz CT molecular complexity index is 875. The van der Waals surface area contributed by atoms with E-state index in [4.69, 9.17) is 21.1 Å². The lowest BCUT2D eigenvalue weighted by Gasteiger charge is -2.11. The highest BCUT2D eigenvalue weighted by atomic mass is 16.5. The van der Waals surface area contributed by atoms with Crippen molar-refractivity contribution in [1.29, 1.82) is 15.8 Å². The van der Waals surface area contributed by atoms with Gasteiger partial charge in [0.2, 0.25) is 5.91 Å². The van der Waals surface area contributed by atoms with Gasteiger partial charge in [-0.2, -0.15) is 20.9 Å². The molecule has 0 bridgehead atoms. The van der Waals surface area contributed by atoms with E-state index >= 15 is 0 Å². The van der Waals surface area contributed by atoms with Crippen LogP contribution >= 0.6 is 0 Å². The van der Waals surface area contributed by atoms with Crippen LogP contribution in [0.25, 0.3) is 0 Å². The van der Waals surface area contributed by atoms with Crippen molar-refractivity contribution in [2.75, 3.05) is 14.2 Å². The average molecular weight is 338 g/mol. The zero-order chi connectivity index (χ0) is 18.8. The van der Waals surface area contributed by atoms with Crippen LogP contribution in [0.1, 0.15) is 5.56 Å². The van der Waals surface area contributed by atoms with Crippen molar-refractivity contribution in [3.63, 3.8) is 0 Å². The van der Waals surface area contributed by atoms with E-state index in [1.807, 2.05) is 0 Å². The van der Waals surface area contributed by atoms with Gasteiger partial charge < -0.3 is 21.1 Å². The minimum atomic E-state index is -2.03. The number of hydrazone groups is 1. The third kappa shape index (κ3) is 2.05. The fraction of sp³-hybridized carbons (Fsp3) is 0.312. The number of benzene rings is 1. The first-order chi connectivity index (χ1) is 11.9. The molecule has 1 fully saturated rings. The number of primary amides is 1. The summed E-state index contributed by atoms with van der Waals surface area (Å²) in [5, 5.41) is 32.0. The minimum absolute atomic E-state index is 0.0319. The van der Waals surface area contributed by atoms with Crippen LogP contribution in [0.15, 0.2) is 23.3 Å². The quantitative estimate of drug-likeness (QED) is 0.432. The number of hydrogen-bond donors (Lipinski definition) is 2. The molecule has 1 aliphatic rings. The van der Waals surface area contributed by atoms with Crippen LogP contribution in [0.5, 0.6) is 11.5 Å². The molecular weight excluding hydrogens is 324 g/mol. The second-order valence-corrected chi connectivity index (χ2v) is 5.33. The highest BCUT2D eigenvalue weighted by Gasteiger charge is 2.85. The molecule has 2 atom stereocenters. The van der Waals surface area contributed by atoms with Crippen molar-refractivity contribution in [2.24, 2.45) is 33.4 Å². The first kappa shape index (κ1) is 17.6. The van der Waals surface area contributed by atoms with Gasteiger partial charge in [0.15, 0.2) is 22.3 Å². The normalized spacial score (nSPS) is 23.5. The molecule has 0 spiro atoms. The Morgan fingerprint density at radius 1 is 1.16 bits per heavy atom. The third-order valence-electron chi connectivity index (χ3n) is 4.41. The fourth-order valence-electron chi connectivity index (χ4n) is 3.07. The molecule has 0 saturated heterocycles. The van der Waals surface area contributed by atoms with Gasteiger partial charge >= 0.3 is 0 Å². The summed E-state index contributed by atoms with van der Waals surface area (Å²) in [4.78, 5) is 11.9. The summed E-state index contributed by atoms with van der Waals surface area (Å²) < 4.78 is 10.3. The number of amides is 1. The van der Waals surface area contributed by atoms with E-state index in [9.17, 15) is 20.6 Å². The lowest BCUT2D eigenvalue weighted by atomic mass is 9.96. The number of nitrogens with two attached hydrogens (primary N) is 2. The predicted octanol–water partition coefficient (Wildman–Crippen LogP) is 0.0252. The van der Waals surface area contributed by atoms with Gasteiger partial charge in [0.1, 0.15) is 0 Å². The number of hydrogen-bond acceptors (Lipinski definition) is 8. The molecule has 1 aromatic carbocycles. The van der Waals surface area contributed by atoms with Crippen LogP contribution in [0.3, 0.4) is 0 Å². The lowest BCUT2D eigenvalue weighted by Crippen LogP contribution is -2.30.